The molecule has 0 bridgehead atoms. The van der Waals surface area contributed by atoms with Gasteiger partial charge in [-0.15, -0.1) is 0 Å². The average Bonchev–Trinajstić information content (AvgIpc) is 2.28. The number of aromatic nitrogens is 1. The van der Waals surface area contributed by atoms with E-state index in [4.69, 9.17) is 20.3 Å². The van der Waals surface area contributed by atoms with E-state index in [1.807, 2.05) is 0 Å². The van der Waals surface area contributed by atoms with Gasteiger partial charge in [-0.1, -0.05) is 0 Å². The summed E-state index contributed by atoms with van der Waals surface area (Å²) in [6.07, 6.45) is 1.72. The number of ether oxygens (including phenoxy) is 2. The maximum atomic E-state index is 10.6. The zero-order valence-electron chi connectivity index (χ0n) is 9.14. The van der Waals surface area contributed by atoms with Gasteiger partial charge in [-0.05, 0) is 18.1 Å². The van der Waals surface area contributed by atoms with Crippen molar-refractivity contribution >= 4 is 5.97 Å². The van der Waals surface area contributed by atoms with Gasteiger partial charge in [0.05, 0.1) is 14.2 Å². The van der Waals surface area contributed by atoms with Crippen LogP contribution in [0.5, 0.6) is 11.6 Å². The highest BCUT2D eigenvalue weighted by molar-refractivity contribution is 5.73. The molecule has 0 amide bonds. The average molecular weight is 226 g/mol. The summed E-state index contributed by atoms with van der Waals surface area (Å²) in [5, 5.41) is 8.67. The van der Waals surface area contributed by atoms with Crippen LogP contribution in [0, 0.1) is 0 Å². The first-order valence-electron chi connectivity index (χ1n) is 4.63. The van der Waals surface area contributed by atoms with Crippen LogP contribution in [-0.4, -0.2) is 36.3 Å². The van der Waals surface area contributed by atoms with Crippen LogP contribution in [0.4, 0.5) is 0 Å². The van der Waals surface area contributed by atoms with E-state index in [1.54, 1.807) is 6.07 Å². The molecular formula is C10H14N2O4. The van der Waals surface area contributed by atoms with E-state index in [0.717, 1.165) is 0 Å². The number of carboxylic acid groups (broad SMARTS) is 1. The molecule has 0 spiro atoms. The highest BCUT2D eigenvalue weighted by Gasteiger charge is 2.14. The summed E-state index contributed by atoms with van der Waals surface area (Å²) in [6.45, 7) is 0. The standard InChI is InChI=1S/C10H14N2O4/c1-15-8-4-6(3-7(11)10(13)14)5-12-9(8)16-2/h4-5,7H,3,11H2,1-2H3,(H,13,14)/t7-/m1/s1. The van der Waals surface area contributed by atoms with E-state index >= 15 is 0 Å². The lowest BCUT2D eigenvalue weighted by atomic mass is 10.1. The molecule has 1 heterocycles. The lowest BCUT2D eigenvalue weighted by Crippen LogP contribution is -2.32. The van der Waals surface area contributed by atoms with E-state index in [1.165, 1.54) is 20.4 Å². The number of nitrogens with zero attached hydrogens (tertiary/aromatic N) is 1. The van der Waals surface area contributed by atoms with Gasteiger partial charge < -0.3 is 20.3 Å². The van der Waals surface area contributed by atoms with Gasteiger partial charge in [-0.25, -0.2) is 4.98 Å². The lowest BCUT2D eigenvalue weighted by Gasteiger charge is -2.10. The summed E-state index contributed by atoms with van der Waals surface area (Å²) in [4.78, 5) is 14.6. The normalized spacial score (nSPS) is 11.9. The van der Waals surface area contributed by atoms with Gasteiger partial charge in [0, 0.05) is 6.20 Å². The summed E-state index contributed by atoms with van der Waals surface area (Å²) >= 11 is 0. The van der Waals surface area contributed by atoms with Crippen molar-refractivity contribution in [2.24, 2.45) is 5.73 Å². The van der Waals surface area contributed by atoms with Gasteiger partial charge in [0.25, 0.3) is 5.88 Å². The first-order valence-corrected chi connectivity index (χ1v) is 4.63. The van der Waals surface area contributed by atoms with Crippen molar-refractivity contribution in [1.82, 2.24) is 4.98 Å². The quantitative estimate of drug-likeness (QED) is 0.736. The Bertz CT molecular complexity index is 381. The van der Waals surface area contributed by atoms with Crippen molar-refractivity contribution < 1.29 is 19.4 Å². The highest BCUT2D eigenvalue weighted by Crippen LogP contribution is 2.24. The monoisotopic (exact) mass is 226 g/mol. The molecule has 1 aromatic rings. The fourth-order valence-corrected chi connectivity index (χ4v) is 1.22. The summed E-state index contributed by atoms with van der Waals surface area (Å²) in [6, 6.07) is 0.717. The van der Waals surface area contributed by atoms with Gasteiger partial charge in [-0.3, -0.25) is 4.79 Å². The largest absolute Gasteiger partial charge is 0.491 e. The molecule has 6 heteroatoms. The molecule has 0 aromatic carbocycles. The van der Waals surface area contributed by atoms with Crippen LogP contribution in [0.25, 0.3) is 0 Å². The zero-order chi connectivity index (χ0) is 12.1. The SMILES string of the molecule is COc1cc(C[C@@H](N)C(=O)O)cnc1OC. The Morgan fingerprint density at radius 1 is 1.56 bits per heavy atom. The predicted molar refractivity (Wildman–Crippen MR) is 56.7 cm³/mol. The Kier molecular flexibility index (Phi) is 4.07. The van der Waals surface area contributed by atoms with Crippen LogP contribution >= 0.6 is 0 Å². The van der Waals surface area contributed by atoms with Crippen molar-refractivity contribution in [3.8, 4) is 11.6 Å². The van der Waals surface area contributed by atoms with E-state index in [0.29, 0.717) is 17.2 Å². The number of methoxy groups -OCH3 is 2. The number of nitrogens with two attached hydrogens (primary N) is 1. The highest BCUT2D eigenvalue weighted by atomic mass is 16.5. The molecule has 0 aliphatic rings. The van der Waals surface area contributed by atoms with Crippen LogP contribution in [0.3, 0.4) is 0 Å². The molecule has 3 N–H and O–H groups in total. The maximum absolute atomic E-state index is 10.6. The fraction of sp³-hybridized carbons (Fsp3) is 0.400. The van der Waals surface area contributed by atoms with Crippen molar-refractivity contribution in [3.05, 3.63) is 17.8 Å². The Morgan fingerprint density at radius 3 is 2.75 bits per heavy atom. The number of carbonyl (C=O) groups is 1. The molecule has 6 nitrogen and oxygen atoms in total. The number of hydrogen-bond donors (Lipinski definition) is 2. The minimum absolute atomic E-state index is 0.197. The molecule has 1 aromatic heterocycles. The summed E-state index contributed by atoms with van der Waals surface area (Å²) in [5.41, 5.74) is 6.10. The molecule has 1 atom stereocenters. The number of hydrogen-bond acceptors (Lipinski definition) is 5. The number of carboxylic acids is 1. The summed E-state index contributed by atoms with van der Waals surface area (Å²) in [5.74, 6) is -0.234. The van der Waals surface area contributed by atoms with Crippen LogP contribution in [-0.2, 0) is 11.2 Å². The molecule has 0 fully saturated rings. The predicted octanol–water partition coefficient (Wildman–Crippen LogP) is 0.0532. The second kappa shape index (κ2) is 5.32. The molecule has 16 heavy (non-hydrogen) atoms. The minimum atomic E-state index is -1.05. The molecule has 1 rings (SSSR count). The Balaban J connectivity index is 2.86. The third kappa shape index (κ3) is 2.83. The molecule has 0 radical (unpaired) electrons. The summed E-state index contributed by atoms with van der Waals surface area (Å²) in [7, 11) is 2.97. The van der Waals surface area contributed by atoms with E-state index in [-0.39, 0.29) is 6.42 Å². The first kappa shape index (κ1) is 12.3. The topological polar surface area (TPSA) is 94.7 Å². The van der Waals surface area contributed by atoms with Crippen LogP contribution in [0.15, 0.2) is 12.3 Å². The van der Waals surface area contributed by atoms with Gasteiger partial charge in [0.1, 0.15) is 6.04 Å². The van der Waals surface area contributed by atoms with Crippen LogP contribution in [0.2, 0.25) is 0 Å². The second-order valence-electron chi connectivity index (χ2n) is 3.20. The molecule has 0 unspecified atom stereocenters. The second-order valence-corrected chi connectivity index (χ2v) is 3.20. The van der Waals surface area contributed by atoms with E-state index in [9.17, 15) is 4.79 Å². The Hall–Kier alpha value is -1.82. The van der Waals surface area contributed by atoms with Crippen molar-refractivity contribution in [1.29, 1.82) is 0 Å². The molecule has 0 aliphatic heterocycles. The molecular weight excluding hydrogens is 212 g/mol. The molecule has 0 saturated carbocycles. The van der Waals surface area contributed by atoms with Crippen molar-refractivity contribution in [2.45, 2.75) is 12.5 Å². The Labute approximate surface area is 93.0 Å². The number of aliphatic carboxylic acids is 1. The third-order valence-electron chi connectivity index (χ3n) is 2.06. The smallest absolute Gasteiger partial charge is 0.320 e. The minimum Gasteiger partial charge on any atom is -0.491 e. The maximum Gasteiger partial charge on any atom is 0.320 e. The summed E-state index contributed by atoms with van der Waals surface area (Å²) < 4.78 is 10.0. The zero-order valence-corrected chi connectivity index (χ0v) is 9.14. The third-order valence-corrected chi connectivity index (χ3v) is 2.06. The van der Waals surface area contributed by atoms with Crippen molar-refractivity contribution in [3.63, 3.8) is 0 Å². The number of pyridine rings is 1. The van der Waals surface area contributed by atoms with Gasteiger partial charge in [0.15, 0.2) is 5.75 Å². The first-order chi connectivity index (χ1) is 7.58. The van der Waals surface area contributed by atoms with Crippen LogP contribution in [0.1, 0.15) is 5.56 Å². The molecule has 0 saturated heterocycles. The lowest BCUT2D eigenvalue weighted by molar-refractivity contribution is -0.138. The van der Waals surface area contributed by atoms with E-state index in [2.05, 4.69) is 4.98 Å². The molecule has 88 valence electrons. The van der Waals surface area contributed by atoms with Crippen molar-refractivity contribution in [2.75, 3.05) is 14.2 Å². The Morgan fingerprint density at radius 2 is 2.25 bits per heavy atom. The van der Waals surface area contributed by atoms with Gasteiger partial charge >= 0.3 is 5.97 Å². The molecule has 0 aliphatic carbocycles. The number of rotatable bonds is 5. The van der Waals surface area contributed by atoms with Crippen LogP contribution < -0.4 is 15.2 Å². The van der Waals surface area contributed by atoms with Gasteiger partial charge in [0.2, 0.25) is 0 Å². The fourth-order valence-electron chi connectivity index (χ4n) is 1.22. The van der Waals surface area contributed by atoms with Gasteiger partial charge in [-0.2, -0.15) is 0 Å². The van der Waals surface area contributed by atoms with E-state index < -0.39 is 12.0 Å².